The highest BCUT2D eigenvalue weighted by Gasteiger charge is 2.18. The van der Waals surface area contributed by atoms with Crippen molar-refractivity contribution in [2.75, 3.05) is 6.54 Å². The Hall–Kier alpha value is -1.65. The zero-order chi connectivity index (χ0) is 14.6. The van der Waals surface area contributed by atoms with Crippen LogP contribution in [0.25, 0.3) is 0 Å². The van der Waals surface area contributed by atoms with Crippen molar-refractivity contribution in [3.8, 4) is 0 Å². The van der Waals surface area contributed by atoms with Gasteiger partial charge in [-0.05, 0) is 25.3 Å². The Morgan fingerprint density at radius 1 is 1.40 bits per heavy atom. The van der Waals surface area contributed by atoms with E-state index in [-0.39, 0.29) is 0 Å². The van der Waals surface area contributed by atoms with Crippen molar-refractivity contribution in [2.24, 2.45) is 5.73 Å². The number of rotatable bonds is 5. The second-order valence-corrected chi connectivity index (χ2v) is 4.80. The number of ether oxygens (including phenoxy) is 1. The van der Waals surface area contributed by atoms with E-state index in [4.69, 9.17) is 5.73 Å². The van der Waals surface area contributed by atoms with Crippen molar-refractivity contribution in [2.45, 2.75) is 38.5 Å². The molecule has 4 heteroatoms. The van der Waals surface area contributed by atoms with Crippen LogP contribution in [-0.2, 0) is 16.1 Å². The maximum absolute atomic E-state index is 9.76. The lowest BCUT2D eigenvalue weighted by Crippen LogP contribution is -2.23. The smallest absolute Gasteiger partial charge is 0.293 e. The number of nitrogens with two attached hydrogens (primary N) is 1. The van der Waals surface area contributed by atoms with Gasteiger partial charge in [0.25, 0.3) is 6.47 Å². The molecule has 110 valence electrons. The summed E-state index contributed by atoms with van der Waals surface area (Å²) in [5, 5.41) is 3.36. The molecule has 2 unspecified atom stereocenters. The molecule has 1 saturated heterocycles. The molecular formula is C16H24N2O2. The molecule has 4 nitrogen and oxygen atoms in total. The van der Waals surface area contributed by atoms with Gasteiger partial charge in [-0.3, -0.25) is 4.79 Å². The lowest BCUT2D eigenvalue weighted by Gasteiger charge is -2.04. The van der Waals surface area contributed by atoms with Gasteiger partial charge in [0.15, 0.2) is 0 Å². The second-order valence-electron chi connectivity index (χ2n) is 4.80. The summed E-state index contributed by atoms with van der Waals surface area (Å²) in [6.45, 7) is 3.86. The van der Waals surface area contributed by atoms with E-state index < -0.39 is 0 Å². The van der Waals surface area contributed by atoms with Crippen molar-refractivity contribution in [3.05, 3.63) is 48.0 Å². The number of allylic oxidation sites excluding steroid dienone is 1. The molecule has 0 spiro atoms. The predicted molar refractivity (Wildman–Crippen MR) is 81.1 cm³/mol. The van der Waals surface area contributed by atoms with Crippen LogP contribution in [0.5, 0.6) is 0 Å². The molecule has 2 atom stereocenters. The molecule has 1 aliphatic rings. The first kappa shape index (κ1) is 16.4. The van der Waals surface area contributed by atoms with Crippen LogP contribution >= 0.6 is 0 Å². The van der Waals surface area contributed by atoms with Gasteiger partial charge in [0, 0.05) is 18.6 Å². The van der Waals surface area contributed by atoms with E-state index >= 15 is 0 Å². The SMILES string of the molecule is C/C=C/CC1CC(N)CN1.O=COCc1ccccc1. The molecular weight excluding hydrogens is 252 g/mol. The molecule has 2 rings (SSSR count). The lowest BCUT2D eigenvalue weighted by molar-refractivity contribution is -0.129. The van der Waals surface area contributed by atoms with Gasteiger partial charge in [0.2, 0.25) is 0 Å². The number of nitrogens with one attached hydrogen (secondary N) is 1. The predicted octanol–water partition coefficient (Wildman–Crippen LogP) is 2.00. The van der Waals surface area contributed by atoms with Crippen molar-refractivity contribution in [3.63, 3.8) is 0 Å². The van der Waals surface area contributed by atoms with Gasteiger partial charge in [-0.15, -0.1) is 0 Å². The van der Waals surface area contributed by atoms with E-state index in [2.05, 4.69) is 29.1 Å². The average molecular weight is 276 g/mol. The van der Waals surface area contributed by atoms with Crippen molar-refractivity contribution < 1.29 is 9.53 Å². The minimum Gasteiger partial charge on any atom is -0.463 e. The Labute approximate surface area is 121 Å². The van der Waals surface area contributed by atoms with Crippen molar-refractivity contribution >= 4 is 6.47 Å². The Morgan fingerprint density at radius 3 is 2.70 bits per heavy atom. The minimum absolute atomic E-state index is 0.365. The van der Waals surface area contributed by atoms with E-state index in [9.17, 15) is 4.79 Å². The second kappa shape index (κ2) is 10.2. The molecule has 0 aromatic heterocycles. The van der Waals surface area contributed by atoms with Crippen LogP contribution in [-0.4, -0.2) is 25.1 Å². The summed E-state index contributed by atoms with van der Waals surface area (Å²) in [4.78, 5) is 9.76. The first-order valence-electron chi connectivity index (χ1n) is 6.95. The lowest BCUT2D eigenvalue weighted by atomic mass is 10.1. The quantitative estimate of drug-likeness (QED) is 0.638. The maximum Gasteiger partial charge on any atom is 0.293 e. The summed E-state index contributed by atoms with van der Waals surface area (Å²) in [5.74, 6) is 0. The van der Waals surface area contributed by atoms with E-state index in [0.717, 1.165) is 24.9 Å². The first-order chi connectivity index (χ1) is 9.76. The van der Waals surface area contributed by atoms with Crippen molar-refractivity contribution in [1.82, 2.24) is 5.32 Å². The largest absolute Gasteiger partial charge is 0.463 e. The summed E-state index contributed by atoms with van der Waals surface area (Å²) in [6.07, 6.45) is 6.54. The topological polar surface area (TPSA) is 64.3 Å². The Bertz CT molecular complexity index is 393. The van der Waals surface area contributed by atoms with Crippen LogP contribution in [0.2, 0.25) is 0 Å². The third-order valence-corrected chi connectivity index (χ3v) is 3.07. The molecule has 0 aliphatic carbocycles. The summed E-state index contributed by atoms with van der Waals surface area (Å²) >= 11 is 0. The Morgan fingerprint density at radius 2 is 2.15 bits per heavy atom. The molecule has 1 fully saturated rings. The summed E-state index contributed by atoms with van der Waals surface area (Å²) in [7, 11) is 0. The Kier molecular flexibility index (Phi) is 8.35. The summed E-state index contributed by atoms with van der Waals surface area (Å²) in [5.41, 5.74) is 6.72. The van der Waals surface area contributed by atoms with Gasteiger partial charge in [0.1, 0.15) is 6.61 Å². The van der Waals surface area contributed by atoms with Crippen LogP contribution in [0, 0.1) is 0 Å². The van der Waals surface area contributed by atoms with E-state index in [1.54, 1.807) is 0 Å². The van der Waals surface area contributed by atoms with E-state index in [0.29, 0.717) is 25.2 Å². The number of hydrogen-bond acceptors (Lipinski definition) is 4. The van der Waals surface area contributed by atoms with Crippen molar-refractivity contribution in [1.29, 1.82) is 0 Å². The molecule has 0 bridgehead atoms. The molecule has 0 saturated carbocycles. The third-order valence-electron chi connectivity index (χ3n) is 3.07. The van der Waals surface area contributed by atoms with E-state index in [1.807, 2.05) is 30.3 Å². The first-order valence-corrected chi connectivity index (χ1v) is 6.95. The van der Waals surface area contributed by atoms with Crippen LogP contribution in [0.15, 0.2) is 42.5 Å². The van der Waals surface area contributed by atoms with Gasteiger partial charge >= 0.3 is 0 Å². The van der Waals surface area contributed by atoms with Gasteiger partial charge < -0.3 is 15.8 Å². The van der Waals surface area contributed by atoms with Crippen LogP contribution in [0.1, 0.15) is 25.3 Å². The highest BCUT2D eigenvalue weighted by Crippen LogP contribution is 2.08. The van der Waals surface area contributed by atoms with Gasteiger partial charge in [-0.25, -0.2) is 0 Å². The normalized spacial score (nSPS) is 21.3. The monoisotopic (exact) mass is 276 g/mol. The molecule has 1 aromatic carbocycles. The summed E-state index contributed by atoms with van der Waals surface area (Å²) in [6, 6.07) is 10.6. The summed E-state index contributed by atoms with van der Waals surface area (Å²) < 4.78 is 4.54. The number of carbonyl (C=O) groups excluding carboxylic acids is 1. The highest BCUT2D eigenvalue weighted by molar-refractivity contribution is 5.37. The molecule has 1 heterocycles. The highest BCUT2D eigenvalue weighted by atomic mass is 16.5. The fourth-order valence-electron chi connectivity index (χ4n) is 2.03. The third kappa shape index (κ3) is 7.07. The fraction of sp³-hybridized carbons (Fsp3) is 0.438. The molecule has 0 amide bonds. The van der Waals surface area contributed by atoms with Gasteiger partial charge in [-0.1, -0.05) is 42.5 Å². The fourth-order valence-corrected chi connectivity index (χ4v) is 2.03. The number of carbonyl (C=O) groups is 1. The molecule has 0 radical (unpaired) electrons. The van der Waals surface area contributed by atoms with Crippen LogP contribution in [0.4, 0.5) is 0 Å². The van der Waals surface area contributed by atoms with Gasteiger partial charge in [-0.2, -0.15) is 0 Å². The molecule has 3 N–H and O–H groups in total. The number of benzene rings is 1. The van der Waals surface area contributed by atoms with Crippen LogP contribution in [0.3, 0.4) is 0 Å². The molecule has 1 aliphatic heterocycles. The zero-order valence-corrected chi connectivity index (χ0v) is 12.0. The molecule has 20 heavy (non-hydrogen) atoms. The van der Waals surface area contributed by atoms with Gasteiger partial charge in [0.05, 0.1) is 0 Å². The van der Waals surface area contributed by atoms with Crippen LogP contribution < -0.4 is 11.1 Å². The maximum atomic E-state index is 9.76. The van der Waals surface area contributed by atoms with E-state index in [1.165, 1.54) is 0 Å². The molecule has 1 aromatic rings. The average Bonchev–Trinajstić information content (AvgIpc) is 2.90. The standard InChI is InChI=1S/C8H16N2.C8H8O2/c1-2-3-4-8-5-7(9)6-10-8;9-7-10-6-8-4-2-1-3-5-8/h2-3,7-8,10H,4-6,9H2,1H3;1-5,7H,6H2/b3-2+;. The zero-order valence-electron chi connectivity index (χ0n) is 12.0. The minimum atomic E-state index is 0.365. The number of hydrogen-bond donors (Lipinski definition) is 2. The Balaban J connectivity index is 0.000000200.